The highest BCUT2D eigenvalue weighted by Gasteiger charge is 2.50. The van der Waals surface area contributed by atoms with E-state index in [4.69, 9.17) is 21.1 Å². The van der Waals surface area contributed by atoms with Crippen molar-refractivity contribution in [2.24, 2.45) is 0 Å². The van der Waals surface area contributed by atoms with Crippen molar-refractivity contribution in [1.82, 2.24) is 5.32 Å². The quantitative estimate of drug-likeness (QED) is 0.269. The number of rotatable bonds is 11. The Kier molecular flexibility index (Phi) is 10.3. The molecule has 0 spiro atoms. The summed E-state index contributed by atoms with van der Waals surface area (Å²) in [7, 11) is 0. The number of carbonyl (C=O) groups excluding carboxylic acids is 1. The van der Waals surface area contributed by atoms with Gasteiger partial charge in [0.25, 0.3) is 0 Å². The zero-order valence-electron chi connectivity index (χ0n) is 21.3. The van der Waals surface area contributed by atoms with Crippen LogP contribution in [0.2, 0.25) is 5.02 Å². The number of aliphatic hydroxyl groups excluding tert-OH is 4. The highest BCUT2D eigenvalue weighted by Crippen LogP contribution is 2.44. The summed E-state index contributed by atoms with van der Waals surface area (Å²) in [5.41, 5.74) is 1.84. The summed E-state index contributed by atoms with van der Waals surface area (Å²) < 4.78 is 11.6. The van der Waals surface area contributed by atoms with E-state index in [0.717, 1.165) is 11.1 Å². The van der Waals surface area contributed by atoms with Gasteiger partial charge in [0, 0.05) is 11.4 Å². The first-order valence-corrected chi connectivity index (χ1v) is 13.8. The molecule has 2 aromatic carbocycles. The van der Waals surface area contributed by atoms with Gasteiger partial charge in [-0.1, -0.05) is 35.9 Å². The molecule has 0 aromatic heterocycles. The van der Waals surface area contributed by atoms with Crippen molar-refractivity contribution in [3.05, 3.63) is 64.2 Å². The zero-order chi connectivity index (χ0) is 27.2. The van der Waals surface area contributed by atoms with Crippen LogP contribution in [0.5, 0.6) is 5.75 Å². The van der Waals surface area contributed by atoms with Gasteiger partial charge in [0.1, 0.15) is 24.1 Å². The van der Waals surface area contributed by atoms with E-state index >= 15 is 0 Å². The van der Waals surface area contributed by atoms with E-state index < -0.39 is 28.8 Å². The minimum Gasteiger partial charge on any atom is -0.494 e. The highest BCUT2D eigenvalue weighted by atomic mass is 35.5. The molecule has 204 valence electrons. The standard InChI is InChI=1S/C27H36ClNO7S/c1-26(2,16-30)29-23(32)5-4-12-35-20-9-6-17(7-10-20)13-18-14-19(8-11-21(18)28)27(37-3)25(34)24(33)22(31)15-36-27/h6-11,14,22,24-25,30-31,33-34H,4-5,12-13,15-16H2,1-3H3,(H,29,32). The maximum absolute atomic E-state index is 12.0. The van der Waals surface area contributed by atoms with Gasteiger partial charge in [0.2, 0.25) is 5.91 Å². The Hall–Kier alpha value is -1.85. The third-order valence-electron chi connectivity index (χ3n) is 6.33. The van der Waals surface area contributed by atoms with E-state index in [-0.39, 0.29) is 19.1 Å². The van der Waals surface area contributed by atoms with Crippen molar-refractivity contribution in [2.45, 2.75) is 61.9 Å². The molecule has 8 nitrogen and oxygen atoms in total. The van der Waals surface area contributed by atoms with Crippen molar-refractivity contribution in [2.75, 3.05) is 26.1 Å². The van der Waals surface area contributed by atoms with Gasteiger partial charge in [-0.25, -0.2) is 0 Å². The molecule has 0 bridgehead atoms. The first-order valence-electron chi connectivity index (χ1n) is 12.2. The van der Waals surface area contributed by atoms with E-state index in [1.165, 1.54) is 11.8 Å². The van der Waals surface area contributed by atoms with Gasteiger partial charge < -0.3 is 35.2 Å². The summed E-state index contributed by atoms with van der Waals surface area (Å²) in [4.78, 5) is 10.7. The summed E-state index contributed by atoms with van der Waals surface area (Å²) in [5, 5.41) is 43.5. The molecule has 10 heteroatoms. The van der Waals surface area contributed by atoms with E-state index in [1.807, 2.05) is 30.3 Å². The summed E-state index contributed by atoms with van der Waals surface area (Å²) in [5.74, 6) is 0.560. The van der Waals surface area contributed by atoms with Crippen LogP contribution in [0, 0.1) is 0 Å². The Morgan fingerprint density at radius 2 is 1.92 bits per heavy atom. The predicted molar refractivity (Wildman–Crippen MR) is 144 cm³/mol. The van der Waals surface area contributed by atoms with Crippen LogP contribution >= 0.6 is 23.4 Å². The molecule has 4 atom stereocenters. The van der Waals surface area contributed by atoms with Gasteiger partial charge in [-0.2, -0.15) is 0 Å². The molecule has 1 saturated heterocycles. The molecule has 2 aromatic rings. The Morgan fingerprint density at radius 1 is 1.22 bits per heavy atom. The van der Waals surface area contributed by atoms with Gasteiger partial charge in [-0.05, 0) is 67.8 Å². The summed E-state index contributed by atoms with van der Waals surface area (Å²) in [6, 6.07) is 13.0. The monoisotopic (exact) mass is 553 g/mol. The van der Waals surface area contributed by atoms with Crippen LogP contribution in [-0.2, 0) is 20.9 Å². The second-order valence-corrected chi connectivity index (χ2v) is 11.3. The van der Waals surface area contributed by atoms with Gasteiger partial charge in [0.05, 0.1) is 25.4 Å². The molecule has 0 aliphatic carbocycles. The topological polar surface area (TPSA) is 128 Å². The fourth-order valence-corrected chi connectivity index (χ4v) is 5.25. The smallest absolute Gasteiger partial charge is 0.220 e. The first kappa shape index (κ1) is 29.7. The van der Waals surface area contributed by atoms with Gasteiger partial charge in [-0.15, -0.1) is 11.8 Å². The number of hydrogen-bond acceptors (Lipinski definition) is 8. The average molecular weight is 554 g/mol. The Balaban J connectivity index is 1.60. The first-order chi connectivity index (χ1) is 17.5. The van der Waals surface area contributed by atoms with E-state index in [0.29, 0.717) is 42.2 Å². The molecule has 1 amide bonds. The minimum absolute atomic E-state index is 0.0934. The van der Waals surface area contributed by atoms with Crippen molar-refractivity contribution in [1.29, 1.82) is 0 Å². The molecule has 4 unspecified atom stereocenters. The molecule has 0 saturated carbocycles. The van der Waals surface area contributed by atoms with Gasteiger partial charge in [-0.3, -0.25) is 4.79 Å². The molecule has 3 rings (SSSR count). The molecule has 1 fully saturated rings. The van der Waals surface area contributed by atoms with Crippen molar-refractivity contribution in [3.8, 4) is 5.75 Å². The Morgan fingerprint density at radius 3 is 2.57 bits per heavy atom. The number of hydrogen-bond donors (Lipinski definition) is 5. The fraction of sp³-hybridized carbons (Fsp3) is 0.519. The van der Waals surface area contributed by atoms with Crippen molar-refractivity contribution < 1.29 is 34.7 Å². The third kappa shape index (κ3) is 7.38. The average Bonchev–Trinajstić information content (AvgIpc) is 2.88. The summed E-state index contributed by atoms with van der Waals surface area (Å²) in [6.07, 6.45) is -0.629. The van der Waals surface area contributed by atoms with E-state index in [2.05, 4.69) is 5.32 Å². The van der Waals surface area contributed by atoms with Crippen LogP contribution in [-0.4, -0.2) is 76.3 Å². The number of benzene rings is 2. The second kappa shape index (κ2) is 12.8. The summed E-state index contributed by atoms with van der Waals surface area (Å²) >= 11 is 7.74. The van der Waals surface area contributed by atoms with E-state index in [1.54, 1.807) is 32.2 Å². The van der Waals surface area contributed by atoms with Gasteiger partial charge in [0.15, 0.2) is 4.93 Å². The van der Waals surface area contributed by atoms with Crippen molar-refractivity contribution in [3.63, 3.8) is 0 Å². The molecule has 1 heterocycles. The highest BCUT2D eigenvalue weighted by molar-refractivity contribution is 7.99. The molecule has 37 heavy (non-hydrogen) atoms. The number of halogens is 1. The lowest BCUT2D eigenvalue weighted by Gasteiger charge is -2.44. The largest absolute Gasteiger partial charge is 0.494 e. The number of carbonyl (C=O) groups is 1. The lowest BCUT2D eigenvalue weighted by Crippen LogP contribution is -2.57. The molecular formula is C27H36ClNO7S. The van der Waals surface area contributed by atoms with E-state index in [9.17, 15) is 25.2 Å². The number of nitrogens with one attached hydrogen (secondary N) is 1. The van der Waals surface area contributed by atoms with Gasteiger partial charge >= 0.3 is 0 Å². The molecule has 0 radical (unpaired) electrons. The Bertz CT molecular complexity index is 1050. The maximum Gasteiger partial charge on any atom is 0.220 e. The Labute approximate surface area is 226 Å². The van der Waals surface area contributed by atoms with Crippen LogP contribution in [0.25, 0.3) is 0 Å². The number of aliphatic hydroxyl groups is 4. The van der Waals surface area contributed by atoms with Crippen LogP contribution < -0.4 is 10.1 Å². The molecule has 1 aliphatic heterocycles. The lowest BCUT2D eigenvalue weighted by atomic mass is 9.92. The number of ether oxygens (including phenoxy) is 2. The molecule has 1 aliphatic rings. The molecular weight excluding hydrogens is 518 g/mol. The maximum atomic E-state index is 12.0. The van der Waals surface area contributed by atoms with Crippen LogP contribution in [0.3, 0.4) is 0 Å². The van der Waals surface area contributed by atoms with Crippen molar-refractivity contribution >= 4 is 29.3 Å². The van der Waals surface area contributed by atoms with Crippen LogP contribution in [0.4, 0.5) is 0 Å². The number of amides is 1. The zero-order valence-corrected chi connectivity index (χ0v) is 22.9. The second-order valence-electron chi connectivity index (χ2n) is 9.85. The molecule has 5 N–H and O–H groups in total. The SMILES string of the molecule is CSC1(c2ccc(Cl)c(Cc3ccc(OCCCC(=O)NC(C)(C)CO)cc3)c2)OCC(O)C(O)C1O. The van der Waals surface area contributed by atoms with Crippen LogP contribution in [0.1, 0.15) is 43.4 Å². The number of thioether (sulfide) groups is 1. The lowest BCUT2D eigenvalue weighted by molar-refractivity contribution is -0.204. The normalized spacial score (nSPS) is 24.1. The van der Waals surface area contributed by atoms with Crippen LogP contribution in [0.15, 0.2) is 42.5 Å². The minimum atomic E-state index is -1.32. The fourth-order valence-electron chi connectivity index (χ4n) is 4.13. The summed E-state index contributed by atoms with van der Waals surface area (Å²) in [6.45, 7) is 3.69. The predicted octanol–water partition coefficient (Wildman–Crippen LogP) is 2.61. The third-order valence-corrected chi connectivity index (χ3v) is 7.91.